The number of hydrogen-bond donors (Lipinski definition) is 3. The molecule has 1 rings (SSSR count). The molecule has 0 radical (unpaired) electrons. The zero-order valence-electron chi connectivity index (χ0n) is 9.10. The molecule has 5 nitrogen and oxygen atoms in total. The molecular formula is C10H15N5S. The number of aliphatic imine (C=N–C) groups is 1. The fourth-order valence-electron chi connectivity index (χ4n) is 1.04. The molecule has 86 valence electrons. The predicted octanol–water partition coefficient (Wildman–Crippen LogP) is 0.380. The molecule has 1 aromatic rings. The van der Waals surface area contributed by atoms with Crippen molar-refractivity contribution in [2.45, 2.75) is 13.5 Å². The van der Waals surface area contributed by atoms with Crippen LogP contribution in [0, 0.1) is 0 Å². The summed E-state index contributed by atoms with van der Waals surface area (Å²) >= 11 is 5.03. The van der Waals surface area contributed by atoms with Gasteiger partial charge in [-0.2, -0.15) is 0 Å². The van der Waals surface area contributed by atoms with Crippen molar-refractivity contribution >= 4 is 23.3 Å². The average molecular weight is 237 g/mol. The first-order valence-corrected chi connectivity index (χ1v) is 5.38. The predicted molar refractivity (Wildman–Crippen MR) is 69.0 cm³/mol. The molecule has 0 aliphatic heterocycles. The summed E-state index contributed by atoms with van der Waals surface area (Å²) in [5.74, 6) is 0.320. The van der Waals surface area contributed by atoms with Gasteiger partial charge in [0.25, 0.3) is 0 Å². The zero-order valence-corrected chi connectivity index (χ0v) is 9.92. The molecule has 0 saturated carbocycles. The Morgan fingerprint density at radius 1 is 1.56 bits per heavy atom. The highest BCUT2D eigenvalue weighted by molar-refractivity contribution is 7.80. The summed E-state index contributed by atoms with van der Waals surface area (Å²) in [6.07, 6.45) is 1.74. The molecule has 0 amide bonds. The van der Waals surface area contributed by atoms with Crippen molar-refractivity contribution in [1.82, 2.24) is 15.6 Å². The van der Waals surface area contributed by atoms with Crippen LogP contribution in [-0.4, -0.2) is 22.6 Å². The maximum absolute atomic E-state index is 5.55. The molecule has 0 fully saturated rings. The Morgan fingerprint density at radius 2 is 2.38 bits per heavy atom. The van der Waals surface area contributed by atoms with E-state index in [4.69, 9.17) is 18.0 Å². The van der Waals surface area contributed by atoms with Gasteiger partial charge in [-0.25, -0.2) is 0 Å². The molecule has 0 aromatic carbocycles. The summed E-state index contributed by atoms with van der Waals surface area (Å²) < 4.78 is 0. The number of rotatable bonds is 3. The van der Waals surface area contributed by atoms with E-state index in [2.05, 4.69) is 20.6 Å². The van der Waals surface area contributed by atoms with Crippen molar-refractivity contribution in [3.63, 3.8) is 0 Å². The van der Waals surface area contributed by atoms with Gasteiger partial charge in [0.05, 0.1) is 12.2 Å². The summed E-state index contributed by atoms with van der Waals surface area (Å²) in [6, 6.07) is 5.71. The van der Waals surface area contributed by atoms with Crippen molar-refractivity contribution in [3.8, 4) is 0 Å². The van der Waals surface area contributed by atoms with Crippen molar-refractivity contribution in [2.24, 2.45) is 10.7 Å². The topological polar surface area (TPSA) is 75.3 Å². The maximum atomic E-state index is 5.55. The normalized spacial score (nSPS) is 10.9. The summed E-state index contributed by atoms with van der Waals surface area (Å²) in [4.78, 5) is 8.11. The van der Waals surface area contributed by atoms with Gasteiger partial charge in [0, 0.05) is 12.7 Å². The highest BCUT2D eigenvalue weighted by Crippen LogP contribution is 1.91. The quantitative estimate of drug-likeness (QED) is 0.402. The van der Waals surface area contributed by atoms with Gasteiger partial charge >= 0.3 is 0 Å². The average Bonchev–Trinajstić information content (AvgIpc) is 2.28. The number of nitrogens with zero attached hydrogens (tertiary/aromatic N) is 2. The van der Waals surface area contributed by atoms with E-state index in [9.17, 15) is 0 Å². The highest BCUT2D eigenvalue weighted by atomic mass is 32.1. The summed E-state index contributed by atoms with van der Waals surface area (Å²) in [7, 11) is 0. The number of aromatic nitrogens is 1. The number of pyridine rings is 1. The van der Waals surface area contributed by atoms with Crippen molar-refractivity contribution in [3.05, 3.63) is 30.1 Å². The van der Waals surface area contributed by atoms with Gasteiger partial charge in [0.15, 0.2) is 11.1 Å². The number of thiocarbonyl (C=S) groups is 1. The molecule has 6 heteroatoms. The molecular weight excluding hydrogens is 222 g/mol. The Hall–Kier alpha value is -1.69. The molecule has 0 spiro atoms. The molecule has 16 heavy (non-hydrogen) atoms. The lowest BCUT2D eigenvalue weighted by atomic mass is 10.3. The lowest BCUT2D eigenvalue weighted by molar-refractivity contribution is 0.866. The van der Waals surface area contributed by atoms with Crippen LogP contribution in [0.25, 0.3) is 0 Å². The number of guanidine groups is 1. The minimum Gasteiger partial charge on any atom is -0.370 e. The molecule has 0 atom stereocenters. The summed E-state index contributed by atoms with van der Waals surface area (Å²) in [6.45, 7) is 3.09. The van der Waals surface area contributed by atoms with E-state index < -0.39 is 0 Å². The van der Waals surface area contributed by atoms with Crippen LogP contribution in [0.3, 0.4) is 0 Å². The SMILES string of the molecule is CCN=C(N)NC(=S)NCc1ccccn1. The standard InChI is InChI=1S/C10H15N5S/c1-2-12-9(11)15-10(16)14-7-8-5-3-4-6-13-8/h3-6H,2,7H2,1H3,(H4,11,12,14,15,16). The maximum Gasteiger partial charge on any atom is 0.194 e. The molecule has 0 bridgehead atoms. The zero-order chi connectivity index (χ0) is 11.8. The Labute approximate surface area is 100 Å². The molecule has 0 aliphatic carbocycles. The Balaban J connectivity index is 2.33. The molecule has 1 aromatic heterocycles. The van der Waals surface area contributed by atoms with E-state index in [0.29, 0.717) is 24.2 Å². The summed E-state index contributed by atoms with van der Waals surface area (Å²) in [5, 5.41) is 6.20. The van der Waals surface area contributed by atoms with E-state index in [0.717, 1.165) is 5.69 Å². The lowest BCUT2D eigenvalue weighted by Crippen LogP contribution is -2.43. The second-order valence-electron chi connectivity index (χ2n) is 2.99. The first-order chi connectivity index (χ1) is 7.72. The van der Waals surface area contributed by atoms with Gasteiger partial charge in [0.1, 0.15) is 0 Å². The van der Waals surface area contributed by atoms with E-state index in [-0.39, 0.29) is 0 Å². The van der Waals surface area contributed by atoms with Crippen LogP contribution in [0.1, 0.15) is 12.6 Å². The van der Waals surface area contributed by atoms with E-state index in [1.165, 1.54) is 0 Å². The first kappa shape index (κ1) is 12.4. The van der Waals surface area contributed by atoms with Gasteiger partial charge in [-0.1, -0.05) is 6.07 Å². The van der Waals surface area contributed by atoms with Crippen molar-refractivity contribution < 1.29 is 0 Å². The van der Waals surface area contributed by atoms with Crippen molar-refractivity contribution in [1.29, 1.82) is 0 Å². The lowest BCUT2D eigenvalue weighted by Gasteiger charge is -2.08. The van der Waals surface area contributed by atoms with E-state index >= 15 is 0 Å². The number of hydrogen-bond acceptors (Lipinski definition) is 3. The minimum absolute atomic E-state index is 0.320. The Bertz CT molecular complexity index is 363. The molecule has 0 unspecified atom stereocenters. The fourth-order valence-corrected chi connectivity index (χ4v) is 1.22. The van der Waals surface area contributed by atoms with Gasteiger partial charge in [-0.05, 0) is 31.3 Å². The number of nitrogens with one attached hydrogen (secondary N) is 2. The van der Waals surface area contributed by atoms with E-state index in [1.807, 2.05) is 25.1 Å². The molecule has 0 saturated heterocycles. The third-order valence-corrected chi connectivity index (χ3v) is 1.97. The van der Waals surface area contributed by atoms with Crippen LogP contribution < -0.4 is 16.4 Å². The Morgan fingerprint density at radius 3 is 3.00 bits per heavy atom. The minimum atomic E-state index is 0.320. The third-order valence-electron chi connectivity index (χ3n) is 1.73. The summed E-state index contributed by atoms with van der Waals surface area (Å²) in [5.41, 5.74) is 6.46. The Kier molecular flexibility index (Phi) is 5.21. The van der Waals surface area contributed by atoms with Crippen LogP contribution >= 0.6 is 12.2 Å². The van der Waals surface area contributed by atoms with Gasteiger partial charge < -0.3 is 16.4 Å². The van der Waals surface area contributed by atoms with Crippen LogP contribution in [0.2, 0.25) is 0 Å². The smallest absolute Gasteiger partial charge is 0.194 e. The monoisotopic (exact) mass is 237 g/mol. The van der Waals surface area contributed by atoms with Gasteiger partial charge in [-0.15, -0.1) is 0 Å². The second-order valence-corrected chi connectivity index (χ2v) is 3.40. The van der Waals surface area contributed by atoms with Crippen molar-refractivity contribution in [2.75, 3.05) is 6.54 Å². The highest BCUT2D eigenvalue weighted by Gasteiger charge is 1.98. The third kappa shape index (κ3) is 4.70. The second kappa shape index (κ2) is 6.73. The first-order valence-electron chi connectivity index (χ1n) is 4.97. The largest absolute Gasteiger partial charge is 0.370 e. The van der Waals surface area contributed by atoms with Gasteiger partial charge in [0.2, 0.25) is 0 Å². The van der Waals surface area contributed by atoms with Crippen LogP contribution in [0.5, 0.6) is 0 Å². The molecule has 4 N–H and O–H groups in total. The van der Waals surface area contributed by atoms with Crippen LogP contribution in [0.15, 0.2) is 29.4 Å². The van der Waals surface area contributed by atoms with Crippen LogP contribution in [0.4, 0.5) is 0 Å². The fraction of sp³-hybridized carbons (Fsp3) is 0.300. The van der Waals surface area contributed by atoms with Gasteiger partial charge in [-0.3, -0.25) is 9.98 Å². The van der Waals surface area contributed by atoms with E-state index in [1.54, 1.807) is 6.20 Å². The molecule has 1 heterocycles. The molecule has 0 aliphatic rings. The van der Waals surface area contributed by atoms with Crippen LogP contribution in [-0.2, 0) is 6.54 Å². The number of nitrogens with two attached hydrogens (primary N) is 1.